The zero-order valence-corrected chi connectivity index (χ0v) is 3.51. The molecule has 2 heteroatoms. The van der Waals surface area contributed by atoms with Crippen LogP contribution in [0.15, 0.2) is 0 Å². The van der Waals surface area contributed by atoms with Crippen LogP contribution in [0.3, 0.4) is 0 Å². The van der Waals surface area contributed by atoms with Crippen molar-refractivity contribution in [1.29, 1.82) is 0 Å². The molecule has 0 N–H and O–H groups in total. The van der Waals surface area contributed by atoms with Crippen molar-refractivity contribution < 1.29 is 18.9 Å². The summed E-state index contributed by atoms with van der Waals surface area (Å²) >= 11 is 1.88. The van der Waals surface area contributed by atoms with Crippen molar-refractivity contribution in [2.24, 2.45) is 0 Å². The summed E-state index contributed by atoms with van der Waals surface area (Å²) in [5, 5.41) is 0. The molecule has 0 radical (unpaired) electrons. The number of thioether (sulfide) groups is 1. The number of hydrogen-bond donors (Lipinski definition) is 0. The summed E-state index contributed by atoms with van der Waals surface area (Å²) in [6.07, 6.45) is 0. The zero-order valence-electron chi connectivity index (χ0n) is 2.69. The molecule has 0 aromatic rings. The average molecular weight is 66.1 g/mol. The van der Waals surface area contributed by atoms with Crippen molar-refractivity contribution >= 4 is 11.8 Å². The molecule has 1 rings (SSSR count). The Morgan fingerprint density at radius 1 is 1.75 bits per heavy atom. The zero-order chi connectivity index (χ0) is 2.12. The van der Waals surface area contributed by atoms with E-state index in [1.807, 2.05) is 11.8 Å². The Labute approximate surface area is 42.5 Å². The molecule has 0 bridgehead atoms. The van der Waals surface area contributed by atoms with E-state index in [9.17, 15) is 0 Å². The Hall–Kier alpha value is 0.947. The van der Waals surface area contributed by atoms with Gasteiger partial charge in [-0.15, -0.1) is 0 Å². The van der Waals surface area contributed by atoms with Gasteiger partial charge in [0.05, 0.1) is 0 Å². The second kappa shape index (κ2) is 2.20. The van der Waals surface area contributed by atoms with Crippen molar-refractivity contribution in [3.05, 3.63) is 5.75 Å². The summed E-state index contributed by atoms with van der Waals surface area (Å²) < 4.78 is 0. The summed E-state index contributed by atoms with van der Waals surface area (Å²) in [6.45, 7) is 0. The summed E-state index contributed by atoms with van der Waals surface area (Å²) in [5.74, 6) is 3.46. The van der Waals surface area contributed by atoms with Crippen LogP contribution in [0.2, 0.25) is 0 Å². The minimum absolute atomic E-state index is 0. The Balaban J connectivity index is 0.0000000900. The van der Waals surface area contributed by atoms with Crippen LogP contribution in [-0.4, -0.2) is 5.75 Å². The van der Waals surface area contributed by atoms with Gasteiger partial charge in [-0.25, -0.2) is 0 Å². The largest absolute Gasteiger partial charge is 1.00 e. The van der Waals surface area contributed by atoms with E-state index in [0.29, 0.717) is 0 Å². The van der Waals surface area contributed by atoms with Gasteiger partial charge in [0.25, 0.3) is 0 Å². The Bertz CT molecular complexity index is 10.8. The van der Waals surface area contributed by atoms with Crippen LogP contribution < -0.4 is 18.9 Å². The molecule has 1 aliphatic rings. The second-order valence-electron chi connectivity index (χ2n) is 0.500. The van der Waals surface area contributed by atoms with Crippen molar-refractivity contribution in [3.8, 4) is 0 Å². The van der Waals surface area contributed by atoms with Crippen LogP contribution >= 0.6 is 11.8 Å². The first kappa shape index (κ1) is 4.95. The molecule has 18 valence electrons. The summed E-state index contributed by atoms with van der Waals surface area (Å²) in [5.41, 5.74) is 0. The maximum atomic E-state index is 2.17. The first-order chi connectivity index (χ1) is 1.50. The molecule has 0 saturated carbocycles. The first-order valence-corrected chi connectivity index (χ1v) is 1.98. The monoisotopic (exact) mass is 66.0 g/mol. The van der Waals surface area contributed by atoms with E-state index in [1.54, 1.807) is 0 Å². The molecule has 1 saturated heterocycles. The van der Waals surface area contributed by atoms with Gasteiger partial charge in [0.15, 0.2) is 0 Å². The second-order valence-corrected chi connectivity index (χ2v) is 1.50. The molecular formula is C2H3LiS. The molecule has 0 atom stereocenters. The maximum Gasteiger partial charge on any atom is 1.00 e. The predicted molar refractivity (Wildman–Crippen MR) is 16.8 cm³/mol. The van der Waals surface area contributed by atoms with E-state index in [2.05, 4.69) is 5.75 Å². The van der Waals surface area contributed by atoms with E-state index < -0.39 is 0 Å². The van der Waals surface area contributed by atoms with Crippen LogP contribution in [0, 0.1) is 5.75 Å². The standard InChI is InChI=1S/C2H3S.Li/c1-2-3-1;/h1H,2H2;/q-1;+1. The van der Waals surface area contributed by atoms with Crippen molar-refractivity contribution in [3.63, 3.8) is 0 Å². The fourth-order valence-corrected chi connectivity index (χ4v) is 0. The summed E-state index contributed by atoms with van der Waals surface area (Å²) in [6, 6.07) is 0. The van der Waals surface area contributed by atoms with Gasteiger partial charge in [-0.2, -0.15) is 5.75 Å². The topological polar surface area (TPSA) is 0 Å². The van der Waals surface area contributed by atoms with Gasteiger partial charge in [0.1, 0.15) is 0 Å². The predicted octanol–water partition coefficient (Wildman–Crippen LogP) is -2.10. The fraction of sp³-hybridized carbons (Fsp3) is 0.500. The van der Waals surface area contributed by atoms with Gasteiger partial charge in [0, 0.05) is 0 Å². The van der Waals surface area contributed by atoms with Gasteiger partial charge in [-0.1, -0.05) is 0 Å². The third kappa shape index (κ3) is 2.95. The van der Waals surface area contributed by atoms with Gasteiger partial charge >= 0.3 is 18.9 Å². The summed E-state index contributed by atoms with van der Waals surface area (Å²) in [4.78, 5) is 0. The van der Waals surface area contributed by atoms with E-state index in [-0.39, 0.29) is 18.9 Å². The molecule has 0 aromatic carbocycles. The van der Waals surface area contributed by atoms with Gasteiger partial charge in [-0.3, -0.25) is 5.75 Å². The number of hydrogen-bond acceptors (Lipinski definition) is 1. The van der Waals surface area contributed by atoms with Crippen molar-refractivity contribution in [1.82, 2.24) is 0 Å². The van der Waals surface area contributed by atoms with E-state index in [1.165, 1.54) is 5.75 Å². The Morgan fingerprint density at radius 3 is 2.00 bits per heavy atom. The molecule has 1 heterocycles. The van der Waals surface area contributed by atoms with Gasteiger partial charge in [-0.05, 0) is 0 Å². The quantitative estimate of drug-likeness (QED) is 0.177. The molecular weight excluding hydrogens is 63.0 g/mol. The minimum Gasteiger partial charge on any atom is -0.382 e. The molecule has 0 aliphatic carbocycles. The molecule has 0 amide bonds. The van der Waals surface area contributed by atoms with Crippen LogP contribution in [-0.2, 0) is 0 Å². The molecule has 0 spiro atoms. The molecule has 1 aliphatic heterocycles. The third-order valence-corrected chi connectivity index (χ3v) is 0.500. The molecule has 0 aromatic heterocycles. The number of rotatable bonds is 0. The SMILES string of the molecule is [CH-]1CS1.[Li+]. The molecule has 0 nitrogen and oxygen atoms in total. The van der Waals surface area contributed by atoms with E-state index in [0.717, 1.165) is 0 Å². The van der Waals surface area contributed by atoms with Crippen LogP contribution in [0.1, 0.15) is 0 Å². The van der Waals surface area contributed by atoms with Crippen molar-refractivity contribution in [2.75, 3.05) is 5.75 Å². The van der Waals surface area contributed by atoms with Gasteiger partial charge in [0.2, 0.25) is 0 Å². The Morgan fingerprint density at radius 2 is 2.00 bits per heavy atom. The normalized spacial score (nSPS) is 18.0. The average Bonchev–Trinajstić information content (AvgIpc) is 1.46. The fourth-order valence-electron chi connectivity index (χ4n) is 0. The minimum atomic E-state index is 0. The van der Waals surface area contributed by atoms with Crippen LogP contribution in [0.4, 0.5) is 0 Å². The maximum absolute atomic E-state index is 2.17. The van der Waals surface area contributed by atoms with E-state index >= 15 is 0 Å². The molecule has 0 unspecified atom stereocenters. The van der Waals surface area contributed by atoms with Gasteiger partial charge < -0.3 is 11.8 Å². The molecule has 4 heavy (non-hydrogen) atoms. The smallest absolute Gasteiger partial charge is 0.382 e. The Kier molecular flexibility index (Phi) is 2.72. The van der Waals surface area contributed by atoms with Crippen molar-refractivity contribution in [2.45, 2.75) is 0 Å². The first-order valence-electron chi connectivity index (χ1n) is 0.933. The molecule has 1 fully saturated rings. The van der Waals surface area contributed by atoms with E-state index in [4.69, 9.17) is 0 Å². The summed E-state index contributed by atoms with van der Waals surface area (Å²) in [7, 11) is 0. The van der Waals surface area contributed by atoms with Crippen LogP contribution in [0.5, 0.6) is 0 Å². The third-order valence-electron chi connectivity index (χ3n) is 0.167. The van der Waals surface area contributed by atoms with Crippen LogP contribution in [0.25, 0.3) is 0 Å².